The average Bonchev–Trinajstić information content (AvgIpc) is 2.27. The Balaban J connectivity index is 0.000000631. The molecule has 0 atom stereocenters. The first kappa shape index (κ1) is 16.4. The van der Waals surface area contributed by atoms with Crippen molar-refractivity contribution in [2.24, 2.45) is 0 Å². The third kappa shape index (κ3) is 6.89. The van der Waals surface area contributed by atoms with Gasteiger partial charge in [0.25, 0.3) is 0 Å². The highest BCUT2D eigenvalue weighted by molar-refractivity contribution is 5.42. The van der Waals surface area contributed by atoms with E-state index in [1.54, 1.807) is 32.0 Å². The van der Waals surface area contributed by atoms with Gasteiger partial charge in [0.1, 0.15) is 5.75 Å². The minimum absolute atomic E-state index is 0.0363. The maximum atomic E-state index is 9.03. The molecule has 1 rings (SSSR count). The Morgan fingerprint density at radius 3 is 2.22 bits per heavy atom. The molecule has 0 fully saturated rings. The summed E-state index contributed by atoms with van der Waals surface area (Å²) in [5.74, 6) is 0.585. The molecular weight excluding hydrogens is 230 g/mol. The lowest BCUT2D eigenvalue weighted by Crippen LogP contribution is -2.07. The van der Waals surface area contributed by atoms with E-state index in [4.69, 9.17) is 20.2 Å². The summed E-state index contributed by atoms with van der Waals surface area (Å²) < 4.78 is 5.47. The van der Waals surface area contributed by atoms with Gasteiger partial charge in [-0.2, -0.15) is 5.26 Å². The second-order valence-corrected chi connectivity index (χ2v) is 4.35. The molecule has 100 valence electrons. The number of nitriles is 1. The van der Waals surface area contributed by atoms with Crippen molar-refractivity contribution in [2.75, 3.05) is 0 Å². The molecule has 0 aliphatic heterocycles. The van der Waals surface area contributed by atoms with Gasteiger partial charge in [0, 0.05) is 11.7 Å². The van der Waals surface area contributed by atoms with E-state index in [9.17, 15) is 0 Å². The fraction of sp³-hybridized carbons (Fsp3) is 0.500. The standard InChI is InChI=1S/C11H13NO2.C3H8O/c1-8(2)14-11-5-9(6-12)3-4-10(11)7-13;1-3(2)4/h3-5,8,13H,7H2,1-2H3;3-4H,1-2H3. The van der Waals surface area contributed by atoms with Crippen LogP contribution in [0.1, 0.15) is 38.8 Å². The van der Waals surface area contributed by atoms with Crippen LogP contribution in [0.25, 0.3) is 0 Å². The van der Waals surface area contributed by atoms with Gasteiger partial charge >= 0.3 is 0 Å². The van der Waals surface area contributed by atoms with Gasteiger partial charge in [-0.05, 0) is 39.8 Å². The lowest BCUT2D eigenvalue weighted by Gasteiger charge is -2.13. The molecule has 0 aliphatic rings. The van der Waals surface area contributed by atoms with Gasteiger partial charge in [0.05, 0.1) is 24.3 Å². The van der Waals surface area contributed by atoms with E-state index in [0.717, 1.165) is 0 Å². The average molecular weight is 251 g/mol. The number of nitrogens with zero attached hydrogens (tertiary/aromatic N) is 1. The monoisotopic (exact) mass is 251 g/mol. The fourth-order valence-electron chi connectivity index (χ4n) is 1.12. The van der Waals surface area contributed by atoms with Crippen molar-refractivity contribution in [1.82, 2.24) is 0 Å². The van der Waals surface area contributed by atoms with Crippen LogP contribution in [0, 0.1) is 11.3 Å². The molecule has 0 aromatic heterocycles. The molecule has 0 saturated heterocycles. The lowest BCUT2D eigenvalue weighted by atomic mass is 10.1. The summed E-state index contributed by atoms with van der Waals surface area (Å²) >= 11 is 0. The van der Waals surface area contributed by atoms with Crippen LogP contribution in [0.3, 0.4) is 0 Å². The van der Waals surface area contributed by atoms with Crippen LogP contribution in [0.4, 0.5) is 0 Å². The van der Waals surface area contributed by atoms with Gasteiger partial charge in [-0.1, -0.05) is 6.07 Å². The largest absolute Gasteiger partial charge is 0.491 e. The van der Waals surface area contributed by atoms with Crippen molar-refractivity contribution >= 4 is 0 Å². The summed E-state index contributed by atoms with van der Waals surface area (Å²) in [5.41, 5.74) is 1.25. The van der Waals surface area contributed by atoms with Crippen LogP contribution >= 0.6 is 0 Å². The van der Waals surface area contributed by atoms with Crippen LogP contribution in [-0.4, -0.2) is 22.4 Å². The second-order valence-electron chi connectivity index (χ2n) is 4.35. The molecule has 4 nitrogen and oxygen atoms in total. The highest BCUT2D eigenvalue weighted by Gasteiger charge is 2.05. The molecule has 0 heterocycles. The minimum atomic E-state index is -0.167. The summed E-state index contributed by atoms with van der Waals surface area (Å²) in [6.45, 7) is 7.17. The molecule has 18 heavy (non-hydrogen) atoms. The molecule has 0 unspecified atom stereocenters. The Bertz CT molecular complexity index is 392. The Morgan fingerprint density at radius 2 is 1.83 bits per heavy atom. The molecule has 0 radical (unpaired) electrons. The second kappa shape index (κ2) is 8.51. The number of hydrogen-bond acceptors (Lipinski definition) is 4. The zero-order valence-electron chi connectivity index (χ0n) is 11.3. The summed E-state index contributed by atoms with van der Waals surface area (Å²) in [6.07, 6.45) is -0.130. The Kier molecular flexibility index (Phi) is 7.77. The Morgan fingerprint density at radius 1 is 1.28 bits per heavy atom. The molecule has 0 saturated carbocycles. The van der Waals surface area contributed by atoms with Crippen LogP contribution in [0.15, 0.2) is 18.2 Å². The predicted octanol–water partition coefficient (Wildman–Crippen LogP) is 2.22. The van der Waals surface area contributed by atoms with E-state index in [-0.39, 0.29) is 18.8 Å². The van der Waals surface area contributed by atoms with Crippen LogP contribution in [-0.2, 0) is 6.61 Å². The van der Waals surface area contributed by atoms with Crippen molar-refractivity contribution in [1.29, 1.82) is 5.26 Å². The van der Waals surface area contributed by atoms with Crippen molar-refractivity contribution in [3.05, 3.63) is 29.3 Å². The first-order valence-corrected chi connectivity index (χ1v) is 5.89. The van der Waals surface area contributed by atoms with E-state index in [1.165, 1.54) is 0 Å². The number of ether oxygens (including phenoxy) is 1. The summed E-state index contributed by atoms with van der Waals surface area (Å²) in [7, 11) is 0. The zero-order valence-corrected chi connectivity index (χ0v) is 11.3. The Labute approximate surface area is 108 Å². The first-order chi connectivity index (χ1) is 8.40. The van der Waals surface area contributed by atoms with Gasteiger partial charge in [-0.25, -0.2) is 0 Å². The van der Waals surface area contributed by atoms with Crippen LogP contribution < -0.4 is 4.74 Å². The number of hydrogen-bond donors (Lipinski definition) is 2. The fourth-order valence-corrected chi connectivity index (χ4v) is 1.12. The predicted molar refractivity (Wildman–Crippen MR) is 70.2 cm³/mol. The van der Waals surface area contributed by atoms with E-state index >= 15 is 0 Å². The van der Waals surface area contributed by atoms with E-state index < -0.39 is 0 Å². The number of rotatable bonds is 3. The first-order valence-electron chi connectivity index (χ1n) is 5.89. The summed E-state index contributed by atoms with van der Waals surface area (Å²) in [6, 6.07) is 7.04. The lowest BCUT2D eigenvalue weighted by molar-refractivity contribution is 0.216. The topological polar surface area (TPSA) is 73.5 Å². The van der Waals surface area contributed by atoms with Gasteiger partial charge in [0.15, 0.2) is 0 Å². The third-order valence-corrected chi connectivity index (χ3v) is 1.73. The number of aliphatic hydroxyl groups is 2. The smallest absolute Gasteiger partial charge is 0.126 e. The van der Waals surface area contributed by atoms with E-state index in [2.05, 4.69) is 0 Å². The van der Waals surface area contributed by atoms with Crippen molar-refractivity contribution in [3.63, 3.8) is 0 Å². The summed E-state index contributed by atoms with van der Waals surface area (Å²) in [4.78, 5) is 0. The van der Waals surface area contributed by atoms with E-state index in [0.29, 0.717) is 16.9 Å². The number of aliphatic hydroxyl groups excluding tert-OH is 2. The van der Waals surface area contributed by atoms with Crippen LogP contribution in [0.5, 0.6) is 5.75 Å². The molecule has 1 aromatic carbocycles. The zero-order chi connectivity index (χ0) is 14.1. The van der Waals surface area contributed by atoms with Crippen molar-refractivity contribution in [3.8, 4) is 11.8 Å². The van der Waals surface area contributed by atoms with E-state index in [1.807, 2.05) is 19.9 Å². The molecule has 2 N–H and O–H groups in total. The normalized spacial score (nSPS) is 9.72. The third-order valence-electron chi connectivity index (χ3n) is 1.73. The van der Waals surface area contributed by atoms with Gasteiger partial charge in [-0.3, -0.25) is 0 Å². The highest BCUT2D eigenvalue weighted by Crippen LogP contribution is 2.21. The number of benzene rings is 1. The van der Waals surface area contributed by atoms with Crippen LogP contribution in [0.2, 0.25) is 0 Å². The molecule has 1 aromatic rings. The quantitative estimate of drug-likeness (QED) is 0.864. The molecule has 4 heteroatoms. The Hall–Kier alpha value is -1.57. The van der Waals surface area contributed by atoms with Gasteiger partial charge < -0.3 is 14.9 Å². The summed E-state index contributed by atoms with van der Waals surface area (Å²) in [5, 5.41) is 25.8. The minimum Gasteiger partial charge on any atom is -0.491 e. The maximum Gasteiger partial charge on any atom is 0.126 e. The molecule has 0 aliphatic carbocycles. The molecule has 0 amide bonds. The molecule has 0 bridgehead atoms. The molecular formula is C14H21NO3. The van der Waals surface area contributed by atoms with Crippen molar-refractivity contribution < 1.29 is 14.9 Å². The van der Waals surface area contributed by atoms with Crippen molar-refractivity contribution in [2.45, 2.75) is 46.5 Å². The highest BCUT2D eigenvalue weighted by atomic mass is 16.5. The van der Waals surface area contributed by atoms with Gasteiger partial charge in [-0.15, -0.1) is 0 Å². The van der Waals surface area contributed by atoms with Gasteiger partial charge in [0.2, 0.25) is 0 Å². The maximum absolute atomic E-state index is 9.03. The molecule has 0 spiro atoms. The SMILES string of the molecule is CC(C)O.CC(C)Oc1cc(C#N)ccc1CO.